The maximum absolute atomic E-state index is 11.8. The number of nitrogens with two attached hydrogens (primary N) is 1. The summed E-state index contributed by atoms with van der Waals surface area (Å²) in [6.45, 7) is 1.84. The number of anilines is 1. The average Bonchev–Trinajstić information content (AvgIpc) is 2.85. The lowest BCUT2D eigenvalue weighted by Gasteiger charge is -2.09. The first-order valence-corrected chi connectivity index (χ1v) is 7.98. The van der Waals surface area contributed by atoms with Gasteiger partial charge < -0.3 is 15.0 Å². The van der Waals surface area contributed by atoms with E-state index in [0.29, 0.717) is 22.9 Å². The van der Waals surface area contributed by atoms with E-state index in [1.54, 1.807) is 37.3 Å². The van der Waals surface area contributed by atoms with Crippen LogP contribution in [0.5, 0.6) is 5.75 Å². The molecule has 21 heavy (non-hydrogen) atoms. The first-order valence-electron chi connectivity index (χ1n) is 6.33. The maximum Gasteiger partial charge on any atom is 0.215 e. The Morgan fingerprint density at radius 2 is 2.14 bits per heavy atom. The van der Waals surface area contributed by atoms with Crippen molar-refractivity contribution in [3.63, 3.8) is 0 Å². The van der Waals surface area contributed by atoms with Crippen molar-refractivity contribution < 1.29 is 17.7 Å². The fourth-order valence-corrected chi connectivity index (χ4v) is 2.45. The number of nitrogens with zero attached hydrogens (tertiary/aromatic N) is 1. The Morgan fingerprint density at radius 3 is 2.81 bits per heavy atom. The summed E-state index contributed by atoms with van der Waals surface area (Å²) in [6.07, 6.45) is 0. The number of ether oxygens (including phenoxy) is 1. The largest absolute Gasteiger partial charge is 0.490 e. The molecule has 0 fully saturated rings. The molecule has 2 rings (SSSR count). The maximum atomic E-state index is 11.8. The molecule has 0 aliphatic rings. The minimum atomic E-state index is -3.45. The van der Waals surface area contributed by atoms with Crippen LogP contribution in [-0.2, 0) is 16.6 Å². The fourth-order valence-electron chi connectivity index (χ4n) is 1.63. The van der Waals surface area contributed by atoms with Crippen LogP contribution < -0.4 is 15.2 Å². The van der Waals surface area contributed by atoms with Crippen molar-refractivity contribution in [3.8, 4) is 5.75 Å². The van der Waals surface area contributed by atoms with E-state index in [0.717, 1.165) is 0 Å². The molecule has 0 bridgehead atoms. The molecule has 3 N–H and O–H groups in total. The number of nitrogens with one attached hydrogen (secondary N) is 1. The first-order chi connectivity index (χ1) is 9.96. The lowest BCUT2D eigenvalue weighted by molar-refractivity contribution is 0.342. The van der Waals surface area contributed by atoms with E-state index in [-0.39, 0.29) is 18.9 Å². The number of aryl methyl sites for hydroxylation is 1. The number of aromatic nitrogens is 1. The molecule has 1 aromatic heterocycles. The number of nitrogen functional groups attached to an aromatic ring is 1. The topological polar surface area (TPSA) is 107 Å². The van der Waals surface area contributed by atoms with Crippen LogP contribution in [0, 0.1) is 6.92 Å². The second-order valence-electron chi connectivity index (χ2n) is 4.46. The van der Waals surface area contributed by atoms with Crippen LogP contribution in [0.15, 0.2) is 34.9 Å². The molecule has 0 saturated heterocycles. The van der Waals surface area contributed by atoms with Crippen LogP contribution in [0.2, 0.25) is 0 Å². The highest BCUT2D eigenvalue weighted by atomic mass is 32.2. The Hall–Kier alpha value is -2.06. The predicted molar refractivity (Wildman–Crippen MR) is 78.2 cm³/mol. The number of benzene rings is 1. The monoisotopic (exact) mass is 311 g/mol. The zero-order chi connectivity index (χ0) is 15.3. The summed E-state index contributed by atoms with van der Waals surface area (Å²) >= 11 is 0. The Labute approximate surface area is 123 Å². The highest BCUT2D eigenvalue weighted by Crippen LogP contribution is 2.19. The van der Waals surface area contributed by atoms with Crippen molar-refractivity contribution in [2.24, 2.45) is 0 Å². The second kappa shape index (κ2) is 6.59. The van der Waals surface area contributed by atoms with Crippen molar-refractivity contribution in [1.29, 1.82) is 0 Å². The van der Waals surface area contributed by atoms with Gasteiger partial charge in [-0.1, -0.05) is 17.3 Å². The van der Waals surface area contributed by atoms with E-state index in [4.69, 9.17) is 15.0 Å². The zero-order valence-electron chi connectivity index (χ0n) is 11.6. The number of sulfonamides is 1. The Morgan fingerprint density at radius 1 is 1.38 bits per heavy atom. The Balaban J connectivity index is 1.80. The van der Waals surface area contributed by atoms with Gasteiger partial charge in [0.1, 0.15) is 18.1 Å². The van der Waals surface area contributed by atoms with Crippen LogP contribution >= 0.6 is 0 Å². The molecule has 7 nitrogen and oxygen atoms in total. The summed E-state index contributed by atoms with van der Waals surface area (Å²) in [5, 5.41) is 3.71. The molecular formula is C13H17N3O4S. The van der Waals surface area contributed by atoms with Gasteiger partial charge in [0.25, 0.3) is 0 Å². The molecule has 0 unspecified atom stereocenters. The zero-order valence-corrected chi connectivity index (χ0v) is 12.4. The van der Waals surface area contributed by atoms with Gasteiger partial charge in [-0.15, -0.1) is 0 Å². The standard InChI is InChI=1S/C13H17N3O4S/c1-10-8-11(16-20-10)9-15-21(17,18)7-6-19-13-5-3-2-4-12(13)14/h2-5,8,15H,6-7,9,14H2,1H3. The van der Waals surface area contributed by atoms with Gasteiger partial charge in [-0.3, -0.25) is 0 Å². The molecule has 0 saturated carbocycles. The van der Waals surface area contributed by atoms with Crippen molar-refractivity contribution in [3.05, 3.63) is 41.8 Å². The normalized spacial score (nSPS) is 11.5. The van der Waals surface area contributed by atoms with Gasteiger partial charge in [-0.2, -0.15) is 0 Å². The third-order valence-corrected chi connectivity index (χ3v) is 3.97. The summed E-state index contributed by atoms with van der Waals surface area (Å²) < 4.78 is 36.2. The van der Waals surface area contributed by atoms with Gasteiger partial charge in [-0.25, -0.2) is 13.1 Å². The van der Waals surface area contributed by atoms with Crippen LogP contribution in [0.25, 0.3) is 0 Å². The smallest absolute Gasteiger partial charge is 0.215 e. The molecule has 1 aromatic carbocycles. The van der Waals surface area contributed by atoms with Crippen LogP contribution in [-0.4, -0.2) is 25.9 Å². The van der Waals surface area contributed by atoms with Gasteiger partial charge in [0.15, 0.2) is 0 Å². The van der Waals surface area contributed by atoms with E-state index < -0.39 is 10.0 Å². The minimum Gasteiger partial charge on any atom is -0.490 e. The number of para-hydroxylation sites is 2. The molecule has 114 valence electrons. The van der Waals surface area contributed by atoms with Crippen molar-refractivity contribution in [1.82, 2.24) is 9.88 Å². The molecule has 0 atom stereocenters. The lowest BCUT2D eigenvalue weighted by atomic mass is 10.3. The van der Waals surface area contributed by atoms with Gasteiger partial charge in [-0.05, 0) is 19.1 Å². The van der Waals surface area contributed by atoms with E-state index in [1.807, 2.05) is 0 Å². The van der Waals surface area contributed by atoms with Crippen LogP contribution in [0.3, 0.4) is 0 Å². The highest BCUT2D eigenvalue weighted by Gasteiger charge is 2.12. The summed E-state index contributed by atoms with van der Waals surface area (Å²) in [7, 11) is -3.45. The Kier molecular flexibility index (Phi) is 4.81. The predicted octanol–water partition coefficient (Wildman–Crippen LogP) is 1.06. The van der Waals surface area contributed by atoms with Crippen molar-refractivity contribution >= 4 is 15.7 Å². The fraction of sp³-hybridized carbons (Fsp3) is 0.308. The summed E-state index contributed by atoms with van der Waals surface area (Å²) in [5.74, 6) is 0.935. The third kappa shape index (κ3) is 4.76. The summed E-state index contributed by atoms with van der Waals surface area (Å²) in [6, 6.07) is 8.60. The number of hydrogen-bond donors (Lipinski definition) is 2. The molecular weight excluding hydrogens is 294 g/mol. The first kappa shape index (κ1) is 15.3. The van der Waals surface area contributed by atoms with E-state index in [2.05, 4.69) is 9.88 Å². The molecule has 1 heterocycles. The van der Waals surface area contributed by atoms with Crippen molar-refractivity contribution in [2.75, 3.05) is 18.1 Å². The van der Waals surface area contributed by atoms with Gasteiger partial charge in [0.05, 0.1) is 23.7 Å². The second-order valence-corrected chi connectivity index (χ2v) is 6.38. The molecule has 0 aliphatic heterocycles. The molecule has 0 spiro atoms. The van der Waals surface area contributed by atoms with Gasteiger partial charge >= 0.3 is 0 Å². The Bertz CT molecular complexity index is 697. The molecule has 0 radical (unpaired) electrons. The molecule has 0 aliphatic carbocycles. The van der Waals surface area contributed by atoms with E-state index in [9.17, 15) is 8.42 Å². The summed E-state index contributed by atoms with van der Waals surface area (Å²) in [4.78, 5) is 0. The number of hydrogen-bond acceptors (Lipinski definition) is 6. The van der Waals surface area contributed by atoms with Crippen molar-refractivity contribution in [2.45, 2.75) is 13.5 Å². The quantitative estimate of drug-likeness (QED) is 0.740. The highest BCUT2D eigenvalue weighted by molar-refractivity contribution is 7.89. The van der Waals surface area contributed by atoms with E-state index in [1.165, 1.54) is 0 Å². The molecule has 2 aromatic rings. The average molecular weight is 311 g/mol. The van der Waals surface area contributed by atoms with Gasteiger partial charge in [0, 0.05) is 6.07 Å². The number of rotatable bonds is 7. The van der Waals surface area contributed by atoms with Crippen LogP contribution in [0.4, 0.5) is 5.69 Å². The van der Waals surface area contributed by atoms with Crippen LogP contribution in [0.1, 0.15) is 11.5 Å². The molecule has 0 amide bonds. The minimum absolute atomic E-state index is 0.0153. The third-order valence-electron chi connectivity index (χ3n) is 2.68. The van der Waals surface area contributed by atoms with E-state index >= 15 is 0 Å². The SMILES string of the molecule is Cc1cc(CNS(=O)(=O)CCOc2ccccc2N)no1. The summed E-state index contributed by atoms with van der Waals surface area (Å²) in [5.41, 5.74) is 6.70. The lowest BCUT2D eigenvalue weighted by Crippen LogP contribution is -2.28. The van der Waals surface area contributed by atoms with Gasteiger partial charge in [0.2, 0.25) is 10.0 Å². The molecule has 8 heteroatoms.